The lowest BCUT2D eigenvalue weighted by Gasteiger charge is -2.10. The van der Waals surface area contributed by atoms with E-state index in [9.17, 15) is 9.59 Å². The lowest BCUT2D eigenvalue weighted by Crippen LogP contribution is -2.30. The number of hydrogen-bond donors (Lipinski definition) is 3. The number of rotatable bonds is 5. The molecule has 3 amide bonds. The third-order valence-corrected chi connectivity index (χ3v) is 2.98. The van der Waals surface area contributed by atoms with Gasteiger partial charge in [0.15, 0.2) is 0 Å². The molecule has 23 heavy (non-hydrogen) atoms. The number of urea groups is 1. The van der Waals surface area contributed by atoms with Gasteiger partial charge in [-0.1, -0.05) is 6.07 Å². The Morgan fingerprint density at radius 2 is 1.83 bits per heavy atom. The summed E-state index contributed by atoms with van der Waals surface area (Å²) in [6.07, 6.45) is 1.68. The van der Waals surface area contributed by atoms with Gasteiger partial charge in [-0.05, 0) is 50.2 Å². The van der Waals surface area contributed by atoms with Crippen LogP contribution < -0.4 is 16.0 Å². The number of aromatic nitrogens is 1. The van der Waals surface area contributed by atoms with Gasteiger partial charge in [0.05, 0.1) is 12.2 Å². The first kappa shape index (κ1) is 16.5. The summed E-state index contributed by atoms with van der Waals surface area (Å²) in [5, 5.41) is 8.24. The lowest BCUT2D eigenvalue weighted by atomic mass is 10.2. The van der Waals surface area contributed by atoms with Crippen LogP contribution in [0.15, 0.2) is 48.7 Å². The number of nitrogens with zero attached hydrogens (tertiary/aromatic N) is 1. The molecule has 0 unspecified atom stereocenters. The highest BCUT2D eigenvalue weighted by Crippen LogP contribution is 2.09. The Morgan fingerprint density at radius 3 is 2.43 bits per heavy atom. The summed E-state index contributed by atoms with van der Waals surface area (Å²) in [6.45, 7) is 4.15. The van der Waals surface area contributed by atoms with Gasteiger partial charge >= 0.3 is 6.03 Å². The second-order valence-electron chi connectivity index (χ2n) is 5.33. The van der Waals surface area contributed by atoms with Crippen LogP contribution in [0.25, 0.3) is 0 Å². The summed E-state index contributed by atoms with van der Waals surface area (Å²) in [5.41, 5.74) is 1.95. The smallest absolute Gasteiger partial charge is 0.319 e. The molecule has 0 saturated carbocycles. The van der Waals surface area contributed by atoms with E-state index in [4.69, 9.17) is 0 Å². The number of hydrogen-bond acceptors (Lipinski definition) is 3. The van der Waals surface area contributed by atoms with Gasteiger partial charge in [0, 0.05) is 23.5 Å². The minimum atomic E-state index is -0.324. The number of amides is 3. The molecule has 120 valence electrons. The Bertz CT molecular complexity index is 654. The van der Waals surface area contributed by atoms with Crippen molar-refractivity contribution in [1.29, 1.82) is 0 Å². The fourth-order valence-electron chi connectivity index (χ4n) is 1.90. The summed E-state index contributed by atoms with van der Waals surface area (Å²) >= 11 is 0. The molecule has 6 heteroatoms. The second-order valence-corrected chi connectivity index (χ2v) is 5.33. The summed E-state index contributed by atoms with van der Waals surface area (Å²) in [6, 6.07) is 12.0. The van der Waals surface area contributed by atoms with Crippen molar-refractivity contribution in [3.63, 3.8) is 0 Å². The number of anilines is 1. The van der Waals surface area contributed by atoms with Crippen LogP contribution in [-0.2, 0) is 6.54 Å². The van der Waals surface area contributed by atoms with Crippen LogP contribution in [0.5, 0.6) is 0 Å². The van der Waals surface area contributed by atoms with Crippen molar-refractivity contribution in [3.8, 4) is 0 Å². The van der Waals surface area contributed by atoms with E-state index in [-0.39, 0.29) is 18.0 Å². The maximum atomic E-state index is 11.8. The van der Waals surface area contributed by atoms with Crippen LogP contribution in [0.4, 0.5) is 10.5 Å². The first-order valence-corrected chi connectivity index (χ1v) is 7.40. The molecule has 2 aromatic rings. The minimum Gasteiger partial charge on any atom is -0.350 e. The number of carbonyl (C=O) groups excluding carboxylic acids is 2. The molecule has 3 N–H and O–H groups in total. The van der Waals surface area contributed by atoms with Crippen molar-refractivity contribution < 1.29 is 9.59 Å². The maximum Gasteiger partial charge on any atom is 0.319 e. The monoisotopic (exact) mass is 312 g/mol. The van der Waals surface area contributed by atoms with Gasteiger partial charge in [0.2, 0.25) is 0 Å². The van der Waals surface area contributed by atoms with Crippen molar-refractivity contribution in [2.24, 2.45) is 0 Å². The second kappa shape index (κ2) is 7.93. The summed E-state index contributed by atoms with van der Waals surface area (Å²) in [7, 11) is 0. The van der Waals surface area contributed by atoms with Gasteiger partial charge in [-0.2, -0.15) is 0 Å². The number of carbonyl (C=O) groups is 2. The summed E-state index contributed by atoms with van der Waals surface area (Å²) in [4.78, 5) is 27.8. The van der Waals surface area contributed by atoms with E-state index in [0.29, 0.717) is 17.8 Å². The molecular weight excluding hydrogens is 292 g/mol. The molecule has 0 fully saturated rings. The molecule has 0 aliphatic carbocycles. The average molecular weight is 312 g/mol. The number of nitrogens with one attached hydrogen (secondary N) is 3. The zero-order chi connectivity index (χ0) is 16.7. The van der Waals surface area contributed by atoms with Crippen LogP contribution in [0.3, 0.4) is 0 Å². The standard InChI is InChI=1S/C17H20N4O2/c1-12(2)20-16(22)13-6-8-14(9-7-13)21-17(23)19-11-15-5-3-4-10-18-15/h3-10,12H,11H2,1-2H3,(H,20,22)(H2,19,21,23). The van der Waals surface area contributed by atoms with Crippen LogP contribution in [0.1, 0.15) is 29.9 Å². The SMILES string of the molecule is CC(C)NC(=O)c1ccc(NC(=O)NCc2ccccn2)cc1. The van der Waals surface area contributed by atoms with E-state index in [0.717, 1.165) is 5.69 Å². The van der Waals surface area contributed by atoms with Gasteiger partial charge in [0.25, 0.3) is 5.91 Å². The van der Waals surface area contributed by atoms with E-state index in [1.807, 2.05) is 32.0 Å². The fraction of sp³-hybridized carbons (Fsp3) is 0.235. The quantitative estimate of drug-likeness (QED) is 0.793. The first-order valence-electron chi connectivity index (χ1n) is 7.40. The highest BCUT2D eigenvalue weighted by molar-refractivity contribution is 5.95. The van der Waals surface area contributed by atoms with Gasteiger partial charge in [-0.25, -0.2) is 4.79 Å². The highest BCUT2D eigenvalue weighted by Gasteiger charge is 2.07. The predicted molar refractivity (Wildman–Crippen MR) is 89.1 cm³/mol. The van der Waals surface area contributed by atoms with E-state index in [1.54, 1.807) is 30.5 Å². The molecule has 1 heterocycles. The molecule has 1 aromatic heterocycles. The van der Waals surface area contributed by atoms with E-state index in [2.05, 4.69) is 20.9 Å². The summed E-state index contributed by atoms with van der Waals surface area (Å²) in [5.74, 6) is -0.133. The lowest BCUT2D eigenvalue weighted by molar-refractivity contribution is 0.0943. The Labute approximate surface area is 135 Å². The van der Waals surface area contributed by atoms with Crippen molar-refractivity contribution in [2.75, 3.05) is 5.32 Å². The molecule has 0 spiro atoms. The van der Waals surface area contributed by atoms with Crippen molar-refractivity contribution >= 4 is 17.6 Å². The van der Waals surface area contributed by atoms with Gasteiger partial charge in [0.1, 0.15) is 0 Å². The van der Waals surface area contributed by atoms with E-state index >= 15 is 0 Å². The molecule has 0 aliphatic rings. The van der Waals surface area contributed by atoms with Crippen molar-refractivity contribution in [2.45, 2.75) is 26.4 Å². The van der Waals surface area contributed by atoms with Crippen LogP contribution in [-0.4, -0.2) is 23.0 Å². The predicted octanol–water partition coefficient (Wildman–Crippen LogP) is 2.54. The van der Waals surface area contributed by atoms with Crippen molar-refractivity contribution in [3.05, 3.63) is 59.9 Å². The Kier molecular flexibility index (Phi) is 5.68. The molecule has 0 aliphatic heterocycles. The Balaban J connectivity index is 1.85. The molecule has 0 saturated heterocycles. The minimum absolute atomic E-state index is 0.0812. The molecule has 0 atom stereocenters. The molecule has 6 nitrogen and oxygen atoms in total. The highest BCUT2D eigenvalue weighted by atomic mass is 16.2. The molecule has 0 radical (unpaired) electrons. The van der Waals surface area contributed by atoms with E-state index in [1.165, 1.54) is 0 Å². The molecule has 1 aromatic carbocycles. The zero-order valence-electron chi connectivity index (χ0n) is 13.2. The van der Waals surface area contributed by atoms with Crippen LogP contribution in [0, 0.1) is 0 Å². The third kappa shape index (κ3) is 5.43. The van der Waals surface area contributed by atoms with Crippen LogP contribution in [0.2, 0.25) is 0 Å². The first-order chi connectivity index (χ1) is 11.0. The molecule has 0 bridgehead atoms. The Hall–Kier alpha value is -2.89. The maximum absolute atomic E-state index is 11.8. The largest absolute Gasteiger partial charge is 0.350 e. The number of benzene rings is 1. The van der Waals surface area contributed by atoms with Crippen molar-refractivity contribution in [1.82, 2.24) is 15.6 Å². The number of pyridine rings is 1. The van der Waals surface area contributed by atoms with Crippen LogP contribution >= 0.6 is 0 Å². The molecule has 2 rings (SSSR count). The fourth-order valence-corrected chi connectivity index (χ4v) is 1.90. The van der Waals surface area contributed by atoms with E-state index < -0.39 is 0 Å². The third-order valence-electron chi connectivity index (χ3n) is 2.98. The topological polar surface area (TPSA) is 83.1 Å². The zero-order valence-corrected chi connectivity index (χ0v) is 13.2. The van der Waals surface area contributed by atoms with Gasteiger partial charge < -0.3 is 16.0 Å². The normalized spacial score (nSPS) is 10.2. The molecular formula is C17H20N4O2. The Morgan fingerprint density at radius 1 is 1.09 bits per heavy atom. The van der Waals surface area contributed by atoms with Gasteiger partial charge in [-0.15, -0.1) is 0 Å². The average Bonchev–Trinajstić information content (AvgIpc) is 2.54. The van der Waals surface area contributed by atoms with Gasteiger partial charge in [-0.3, -0.25) is 9.78 Å². The summed E-state index contributed by atoms with van der Waals surface area (Å²) < 4.78 is 0.